The van der Waals surface area contributed by atoms with Gasteiger partial charge in [0.05, 0.1) is 16.1 Å². The first-order chi connectivity index (χ1) is 6.33. The molecule has 13 heavy (non-hydrogen) atoms. The van der Waals surface area contributed by atoms with Gasteiger partial charge in [0.15, 0.2) is 0 Å². The van der Waals surface area contributed by atoms with Gasteiger partial charge in [0.25, 0.3) is 0 Å². The molecule has 4 heteroatoms. The Hall–Kier alpha value is -0.480. The number of thiazole rings is 1. The van der Waals surface area contributed by atoms with E-state index in [1.807, 2.05) is 0 Å². The van der Waals surface area contributed by atoms with Crippen LogP contribution < -0.4 is 5.73 Å². The third-order valence-corrected chi connectivity index (χ3v) is 3.22. The molecule has 1 aliphatic rings. The van der Waals surface area contributed by atoms with E-state index >= 15 is 0 Å². The van der Waals surface area contributed by atoms with E-state index in [0.717, 1.165) is 10.6 Å². The number of alkyl halides is 1. The maximum Gasteiger partial charge on any atom is 0.137 e. The number of rotatable bonds is 4. The van der Waals surface area contributed by atoms with Gasteiger partial charge in [-0.1, -0.05) is 0 Å². The molecule has 0 spiro atoms. The molecule has 0 saturated heterocycles. The molecule has 2 rings (SSSR count). The Kier molecular flexibility index (Phi) is 2.60. The Bertz CT molecular complexity index is 283. The largest absolute Gasteiger partial charge is 0.330 e. The lowest BCUT2D eigenvalue weighted by Crippen LogP contribution is -2.04. The van der Waals surface area contributed by atoms with Crippen LogP contribution in [0.15, 0.2) is 5.51 Å². The highest BCUT2D eigenvalue weighted by Gasteiger charge is 2.30. The molecule has 2 nitrogen and oxygen atoms in total. The number of aromatic nitrogens is 1. The van der Waals surface area contributed by atoms with Gasteiger partial charge in [0.2, 0.25) is 0 Å². The standard InChI is InChI=1S/C9H13FN2S/c10-7(3-4-11)9-8(6-1-2-6)12-5-13-9/h5-7H,1-4,11H2. The second-order valence-corrected chi connectivity index (χ2v) is 4.31. The molecule has 1 atom stereocenters. The number of hydrogen-bond donors (Lipinski definition) is 1. The Morgan fingerprint density at radius 2 is 2.46 bits per heavy atom. The van der Waals surface area contributed by atoms with Crippen molar-refractivity contribution in [2.75, 3.05) is 6.54 Å². The average molecular weight is 200 g/mol. The van der Waals surface area contributed by atoms with E-state index in [1.165, 1.54) is 24.2 Å². The second-order valence-electron chi connectivity index (χ2n) is 3.42. The Labute approximate surface area is 81.0 Å². The van der Waals surface area contributed by atoms with Gasteiger partial charge in [0.1, 0.15) is 6.17 Å². The SMILES string of the molecule is NCCC(F)c1scnc1C1CC1. The molecular weight excluding hydrogens is 187 g/mol. The monoisotopic (exact) mass is 200 g/mol. The third kappa shape index (κ3) is 1.89. The van der Waals surface area contributed by atoms with Crippen LogP contribution in [0.1, 0.15) is 41.9 Å². The minimum atomic E-state index is -0.895. The summed E-state index contributed by atoms with van der Waals surface area (Å²) in [4.78, 5) is 5.03. The molecule has 1 aliphatic carbocycles. The fraction of sp³-hybridized carbons (Fsp3) is 0.667. The van der Waals surface area contributed by atoms with Crippen LogP contribution >= 0.6 is 11.3 Å². The van der Waals surface area contributed by atoms with E-state index in [2.05, 4.69) is 4.98 Å². The number of halogens is 1. The van der Waals surface area contributed by atoms with Crippen LogP contribution in [-0.2, 0) is 0 Å². The summed E-state index contributed by atoms with van der Waals surface area (Å²) in [5, 5.41) is 0. The minimum absolute atomic E-state index is 0.406. The molecule has 0 radical (unpaired) electrons. The highest BCUT2D eigenvalue weighted by Crippen LogP contribution is 2.44. The zero-order valence-corrected chi connectivity index (χ0v) is 8.19. The average Bonchev–Trinajstić information content (AvgIpc) is 2.84. The van der Waals surface area contributed by atoms with Crippen molar-refractivity contribution in [1.82, 2.24) is 4.98 Å². The van der Waals surface area contributed by atoms with Crippen molar-refractivity contribution in [3.8, 4) is 0 Å². The fourth-order valence-electron chi connectivity index (χ4n) is 1.44. The van der Waals surface area contributed by atoms with Crippen LogP contribution in [0, 0.1) is 0 Å². The van der Waals surface area contributed by atoms with Crippen LogP contribution in [-0.4, -0.2) is 11.5 Å². The molecule has 1 fully saturated rings. The summed E-state index contributed by atoms with van der Waals surface area (Å²) in [6.07, 6.45) is 1.87. The normalized spacial score (nSPS) is 18.9. The van der Waals surface area contributed by atoms with Crippen LogP contribution in [0.4, 0.5) is 4.39 Å². The van der Waals surface area contributed by atoms with Crippen molar-refractivity contribution in [2.24, 2.45) is 5.73 Å². The summed E-state index contributed by atoms with van der Waals surface area (Å²) in [7, 11) is 0. The molecular formula is C9H13FN2S. The molecule has 0 bridgehead atoms. The molecule has 1 saturated carbocycles. The zero-order valence-electron chi connectivity index (χ0n) is 7.37. The van der Waals surface area contributed by atoms with Crippen molar-refractivity contribution >= 4 is 11.3 Å². The first-order valence-electron chi connectivity index (χ1n) is 4.60. The topological polar surface area (TPSA) is 38.9 Å². The third-order valence-electron chi connectivity index (χ3n) is 2.29. The van der Waals surface area contributed by atoms with Crippen molar-refractivity contribution in [3.63, 3.8) is 0 Å². The smallest absolute Gasteiger partial charge is 0.137 e. The first-order valence-corrected chi connectivity index (χ1v) is 5.48. The first kappa shape index (κ1) is 9.09. The Morgan fingerprint density at radius 1 is 1.69 bits per heavy atom. The van der Waals surface area contributed by atoms with E-state index in [4.69, 9.17) is 5.73 Å². The van der Waals surface area contributed by atoms with Crippen molar-refractivity contribution in [2.45, 2.75) is 31.4 Å². The van der Waals surface area contributed by atoms with Crippen LogP contribution in [0.3, 0.4) is 0 Å². The summed E-state index contributed by atoms with van der Waals surface area (Å²) < 4.78 is 13.5. The zero-order chi connectivity index (χ0) is 9.26. The Morgan fingerprint density at radius 3 is 3.08 bits per heavy atom. The van der Waals surface area contributed by atoms with E-state index < -0.39 is 6.17 Å². The lowest BCUT2D eigenvalue weighted by molar-refractivity contribution is 0.331. The second kappa shape index (κ2) is 3.72. The van der Waals surface area contributed by atoms with Gasteiger partial charge in [0, 0.05) is 5.92 Å². The van der Waals surface area contributed by atoms with E-state index in [-0.39, 0.29) is 0 Å². The van der Waals surface area contributed by atoms with Crippen LogP contribution in [0.25, 0.3) is 0 Å². The maximum atomic E-state index is 13.5. The van der Waals surface area contributed by atoms with Crippen molar-refractivity contribution in [3.05, 3.63) is 16.1 Å². The number of nitrogens with two attached hydrogens (primary N) is 1. The molecule has 0 aromatic carbocycles. The minimum Gasteiger partial charge on any atom is -0.330 e. The van der Waals surface area contributed by atoms with Crippen molar-refractivity contribution < 1.29 is 4.39 Å². The lowest BCUT2D eigenvalue weighted by atomic mass is 10.1. The summed E-state index contributed by atoms with van der Waals surface area (Å²) in [5.74, 6) is 0.539. The molecule has 72 valence electrons. The van der Waals surface area contributed by atoms with E-state index in [9.17, 15) is 4.39 Å². The highest BCUT2D eigenvalue weighted by atomic mass is 32.1. The predicted molar refractivity (Wildman–Crippen MR) is 51.6 cm³/mol. The van der Waals surface area contributed by atoms with Gasteiger partial charge >= 0.3 is 0 Å². The van der Waals surface area contributed by atoms with Crippen molar-refractivity contribution in [1.29, 1.82) is 0 Å². The lowest BCUT2D eigenvalue weighted by Gasteiger charge is -2.05. The van der Waals surface area contributed by atoms with Gasteiger partial charge in [-0.3, -0.25) is 0 Å². The molecule has 1 aromatic rings. The fourth-order valence-corrected chi connectivity index (χ4v) is 2.32. The van der Waals surface area contributed by atoms with Gasteiger partial charge in [-0.2, -0.15) is 0 Å². The molecule has 0 amide bonds. The van der Waals surface area contributed by atoms with Gasteiger partial charge in [-0.15, -0.1) is 11.3 Å². The predicted octanol–water partition coefficient (Wildman–Crippen LogP) is 2.38. The molecule has 0 aliphatic heterocycles. The van der Waals surface area contributed by atoms with Gasteiger partial charge < -0.3 is 5.73 Å². The van der Waals surface area contributed by atoms with Crippen LogP contribution in [0.2, 0.25) is 0 Å². The van der Waals surface area contributed by atoms with E-state index in [1.54, 1.807) is 5.51 Å². The summed E-state index contributed by atoms with van der Waals surface area (Å²) in [6.45, 7) is 0.406. The number of hydrogen-bond acceptors (Lipinski definition) is 3. The molecule has 2 N–H and O–H groups in total. The molecule has 1 unspecified atom stereocenters. The van der Waals surface area contributed by atoms with Crippen LogP contribution in [0.5, 0.6) is 0 Å². The number of nitrogens with zero attached hydrogens (tertiary/aromatic N) is 1. The summed E-state index contributed by atoms with van der Waals surface area (Å²) in [6, 6.07) is 0. The van der Waals surface area contributed by atoms with Gasteiger partial charge in [-0.05, 0) is 25.8 Å². The summed E-state index contributed by atoms with van der Waals surface area (Å²) >= 11 is 1.42. The highest BCUT2D eigenvalue weighted by molar-refractivity contribution is 7.09. The molecule has 1 aromatic heterocycles. The molecule has 1 heterocycles. The van der Waals surface area contributed by atoms with Gasteiger partial charge in [-0.25, -0.2) is 9.37 Å². The maximum absolute atomic E-state index is 13.5. The quantitative estimate of drug-likeness (QED) is 0.810. The Balaban J connectivity index is 2.13. The van der Waals surface area contributed by atoms with E-state index in [0.29, 0.717) is 18.9 Å². The summed E-state index contributed by atoms with van der Waals surface area (Å²) in [5.41, 5.74) is 8.06.